The summed E-state index contributed by atoms with van der Waals surface area (Å²) in [5, 5.41) is 39.9. The molecular weight excluding hydrogens is 436 g/mol. The smallest absolute Gasteiger partial charge is 0.308 e. The van der Waals surface area contributed by atoms with Gasteiger partial charge in [0.1, 0.15) is 36.3 Å². The molecule has 3 rings (SSSR count). The molecule has 0 radical (unpaired) electrons. The van der Waals surface area contributed by atoms with Crippen LogP contribution in [-0.4, -0.2) is 81.7 Å². The SMILES string of the molecule is C=C(C)C1Oc2ccc(C(C)=O)cc2C1O[C@@H]1O[C@H](CO)[C@@H](O)[C@H](O)[C@H]1OC(=O)C[C@@H](C)O. The summed E-state index contributed by atoms with van der Waals surface area (Å²) >= 11 is 0. The molecule has 0 amide bonds. The first-order valence-electron chi connectivity index (χ1n) is 10.7. The number of ether oxygens (including phenoxy) is 4. The molecule has 10 nitrogen and oxygen atoms in total. The molecule has 2 heterocycles. The molecule has 182 valence electrons. The predicted molar refractivity (Wildman–Crippen MR) is 113 cm³/mol. The van der Waals surface area contributed by atoms with Gasteiger partial charge in [-0.1, -0.05) is 6.58 Å². The highest BCUT2D eigenvalue weighted by molar-refractivity contribution is 5.94. The summed E-state index contributed by atoms with van der Waals surface area (Å²) in [5.41, 5.74) is 1.58. The number of aliphatic hydroxyl groups excluding tert-OH is 4. The number of Topliss-reactive ketones (excluding diaryl/α,β-unsaturated/α-hetero) is 1. The fraction of sp³-hybridized carbons (Fsp3) is 0.565. The molecule has 0 aromatic heterocycles. The van der Waals surface area contributed by atoms with E-state index in [1.807, 2.05) is 0 Å². The van der Waals surface area contributed by atoms with Crippen LogP contribution in [0.15, 0.2) is 30.4 Å². The van der Waals surface area contributed by atoms with Crippen LogP contribution >= 0.6 is 0 Å². The molecule has 8 atom stereocenters. The first kappa shape index (κ1) is 25.3. The minimum atomic E-state index is -1.63. The number of benzene rings is 1. The number of ketones is 1. The third-order valence-corrected chi connectivity index (χ3v) is 5.57. The second-order valence-corrected chi connectivity index (χ2v) is 8.46. The molecule has 0 saturated carbocycles. The summed E-state index contributed by atoms with van der Waals surface area (Å²) in [4.78, 5) is 24.1. The van der Waals surface area contributed by atoms with E-state index in [4.69, 9.17) is 18.9 Å². The van der Waals surface area contributed by atoms with Crippen molar-refractivity contribution in [3.8, 4) is 5.75 Å². The Labute approximate surface area is 191 Å². The first-order chi connectivity index (χ1) is 15.5. The molecule has 10 heteroatoms. The summed E-state index contributed by atoms with van der Waals surface area (Å²) in [6.45, 7) is 7.86. The molecule has 0 aliphatic carbocycles. The van der Waals surface area contributed by atoms with Crippen molar-refractivity contribution in [1.29, 1.82) is 0 Å². The van der Waals surface area contributed by atoms with E-state index < -0.39 is 61.6 Å². The molecule has 1 aromatic carbocycles. The summed E-state index contributed by atoms with van der Waals surface area (Å²) in [6.07, 6.45) is -10.1. The maximum absolute atomic E-state index is 12.2. The van der Waals surface area contributed by atoms with Crippen molar-refractivity contribution < 1.29 is 49.0 Å². The van der Waals surface area contributed by atoms with Gasteiger partial charge in [-0.05, 0) is 44.5 Å². The van der Waals surface area contributed by atoms with E-state index in [1.54, 1.807) is 25.1 Å². The molecule has 33 heavy (non-hydrogen) atoms. The number of carbonyl (C=O) groups excluding carboxylic acids is 2. The van der Waals surface area contributed by atoms with E-state index in [0.717, 1.165) is 0 Å². The van der Waals surface area contributed by atoms with Gasteiger partial charge in [0.2, 0.25) is 0 Å². The Hall–Kier alpha value is -2.34. The zero-order valence-corrected chi connectivity index (χ0v) is 18.7. The first-order valence-corrected chi connectivity index (χ1v) is 10.7. The zero-order valence-electron chi connectivity index (χ0n) is 18.7. The molecule has 2 aliphatic rings. The summed E-state index contributed by atoms with van der Waals surface area (Å²) in [7, 11) is 0. The highest BCUT2D eigenvalue weighted by atomic mass is 16.7. The lowest BCUT2D eigenvalue weighted by Gasteiger charge is -2.42. The van der Waals surface area contributed by atoms with Gasteiger partial charge in [0.15, 0.2) is 18.2 Å². The molecule has 0 spiro atoms. The van der Waals surface area contributed by atoms with Crippen molar-refractivity contribution in [2.24, 2.45) is 0 Å². The minimum absolute atomic E-state index is 0.159. The standard InChI is InChI=1S/C23H30O10/c1-10(2)20-21(14-8-13(12(4)26)5-6-15(14)30-20)33-23-22(32-17(27)7-11(3)25)19(29)18(28)16(9-24)31-23/h5-6,8,11,16,18-25,28-29H,1,7,9H2,2-4H3/t11-,16-,18-,19+,20?,21?,22-,23+/m1/s1. The van der Waals surface area contributed by atoms with E-state index in [9.17, 15) is 30.0 Å². The molecule has 2 unspecified atom stereocenters. The third-order valence-electron chi connectivity index (χ3n) is 5.57. The van der Waals surface area contributed by atoms with Crippen molar-refractivity contribution in [2.45, 2.75) is 76.2 Å². The molecule has 1 saturated heterocycles. The highest BCUT2D eigenvalue weighted by Gasteiger charge is 2.50. The van der Waals surface area contributed by atoms with Gasteiger partial charge >= 0.3 is 5.97 Å². The summed E-state index contributed by atoms with van der Waals surface area (Å²) < 4.78 is 23.0. The quantitative estimate of drug-likeness (QED) is 0.241. The molecular formula is C23H30O10. The second-order valence-electron chi connectivity index (χ2n) is 8.46. The predicted octanol–water partition coefficient (Wildman–Crippen LogP) is 0.406. The Balaban J connectivity index is 1.93. The van der Waals surface area contributed by atoms with E-state index in [0.29, 0.717) is 22.4 Å². The van der Waals surface area contributed by atoms with Gasteiger partial charge in [-0.3, -0.25) is 9.59 Å². The van der Waals surface area contributed by atoms with Crippen molar-refractivity contribution in [3.05, 3.63) is 41.5 Å². The topological polar surface area (TPSA) is 152 Å². The number of carbonyl (C=O) groups is 2. The van der Waals surface area contributed by atoms with Crippen molar-refractivity contribution in [3.63, 3.8) is 0 Å². The van der Waals surface area contributed by atoms with Crippen LogP contribution in [-0.2, 0) is 19.0 Å². The van der Waals surface area contributed by atoms with Gasteiger partial charge in [-0.25, -0.2) is 0 Å². The average Bonchev–Trinajstić information content (AvgIpc) is 3.10. The van der Waals surface area contributed by atoms with Crippen LogP contribution in [0.2, 0.25) is 0 Å². The number of rotatable bonds is 8. The molecule has 4 N–H and O–H groups in total. The maximum atomic E-state index is 12.2. The van der Waals surface area contributed by atoms with Crippen LogP contribution in [0.3, 0.4) is 0 Å². The Morgan fingerprint density at radius 1 is 1.21 bits per heavy atom. The Morgan fingerprint density at radius 3 is 2.48 bits per heavy atom. The van der Waals surface area contributed by atoms with Gasteiger partial charge in [0, 0.05) is 11.1 Å². The highest BCUT2D eigenvalue weighted by Crippen LogP contribution is 2.43. The van der Waals surface area contributed by atoms with Gasteiger partial charge in [-0.2, -0.15) is 0 Å². The van der Waals surface area contributed by atoms with Gasteiger partial charge in [0.25, 0.3) is 0 Å². The summed E-state index contributed by atoms with van der Waals surface area (Å²) in [6, 6.07) is 4.89. The lowest BCUT2D eigenvalue weighted by atomic mass is 9.97. The van der Waals surface area contributed by atoms with Crippen LogP contribution in [0, 0.1) is 0 Å². The van der Waals surface area contributed by atoms with Crippen LogP contribution in [0.4, 0.5) is 0 Å². The fourth-order valence-electron chi connectivity index (χ4n) is 3.84. The lowest BCUT2D eigenvalue weighted by molar-refractivity contribution is -0.317. The van der Waals surface area contributed by atoms with E-state index in [2.05, 4.69) is 6.58 Å². The van der Waals surface area contributed by atoms with Crippen LogP contribution in [0.5, 0.6) is 5.75 Å². The van der Waals surface area contributed by atoms with Crippen molar-refractivity contribution in [2.75, 3.05) is 6.61 Å². The lowest BCUT2D eigenvalue weighted by Crippen LogP contribution is -2.60. The van der Waals surface area contributed by atoms with Crippen LogP contribution < -0.4 is 4.74 Å². The minimum Gasteiger partial charge on any atom is -0.483 e. The molecule has 1 fully saturated rings. The van der Waals surface area contributed by atoms with E-state index in [-0.39, 0.29) is 12.2 Å². The number of hydrogen-bond donors (Lipinski definition) is 4. The summed E-state index contributed by atoms with van der Waals surface area (Å²) in [5.74, 6) is -0.525. The maximum Gasteiger partial charge on any atom is 0.308 e. The largest absolute Gasteiger partial charge is 0.483 e. The van der Waals surface area contributed by atoms with E-state index in [1.165, 1.54) is 13.8 Å². The normalized spacial score (nSPS) is 31.9. The Bertz CT molecular complexity index is 897. The van der Waals surface area contributed by atoms with E-state index >= 15 is 0 Å². The average molecular weight is 466 g/mol. The Morgan fingerprint density at radius 2 is 1.91 bits per heavy atom. The van der Waals surface area contributed by atoms with Crippen LogP contribution in [0.1, 0.15) is 49.2 Å². The molecule has 1 aromatic rings. The zero-order chi connectivity index (χ0) is 24.4. The third kappa shape index (κ3) is 5.43. The van der Waals surface area contributed by atoms with Crippen molar-refractivity contribution in [1.82, 2.24) is 0 Å². The molecule has 2 aliphatic heterocycles. The monoisotopic (exact) mass is 466 g/mol. The van der Waals surface area contributed by atoms with Crippen molar-refractivity contribution >= 4 is 11.8 Å². The number of esters is 1. The van der Waals surface area contributed by atoms with Gasteiger partial charge in [-0.15, -0.1) is 0 Å². The fourth-order valence-corrected chi connectivity index (χ4v) is 3.84. The second kappa shape index (κ2) is 10.3. The number of hydrogen-bond acceptors (Lipinski definition) is 10. The van der Waals surface area contributed by atoms with Gasteiger partial charge in [0.05, 0.1) is 19.1 Å². The molecule has 0 bridgehead atoms. The van der Waals surface area contributed by atoms with Crippen LogP contribution in [0.25, 0.3) is 0 Å². The Kier molecular flexibility index (Phi) is 7.88. The number of aliphatic hydroxyl groups is 4. The number of fused-ring (bicyclic) bond motifs is 1. The van der Waals surface area contributed by atoms with Gasteiger partial charge < -0.3 is 39.4 Å².